The lowest BCUT2D eigenvalue weighted by Crippen LogP contribution is -1.99. The molecular formula is C16H13N3O. The van der Waals surface area contributed by atoms with Crippen molar-refractivity contribution in [1.29, 1.82) is 5.26 Å². The van der Waals surface area contributed by atoms with Gasteiger partial charge in [0.15, 0.2) is 0 Å². The minimum absolute atomic E-state index is 0.336. The first kappa shape index (κ1) is 12.1. The molecule has 3 rings (SSSR count). The number of anilines is 1. The van der Waals surface area contributed by atoms with Crippen molar-refractivity contribution in [3.63, 3.8) is 0 Å². The molecule has 1 aromatic carbocycles. The Morgan fingerprint density at radius 2 is 1.95 bits per heavy atom. The molecule has 0 saturated carbocycles. The highest BCUT2D eigenvalue weighted by atomic mass is 16.3. The van der Waals surface area contributed by atoms with Gasteiger partial charge in [0.05, 0.1) is 6.54 Å². The molecule has 0 aliphatic rings. The van der Waals surface area contributed by atoms with Crippen molar-refractivity contribution < 1.29 is 4.42 Å². The van der Waals surface area contributed by atoms with Crippen molar-refractivity contribution >= 4 is 5.69 Å². The van der Waals surface area contributed by atoms with Crippen LogP contribution in [0.4, 0.5) is 5.69 Å². The van der Waals surface area contributed by atoms with E-state index in [-0.39, 0.29) is 0 Å². The van der Waals surface area contributed by atoms with Crippen molar-refractivity contribution in [2.75, 3.05) is 5.32 Å². The second-order valence-electron chi connectivity index (χ2n) is 4.37. The maximum Gasteiger partial charge on any atom is 0.203 e. The van der Waals surface area contributed by atoms with Crippen molar-refractivity contribution in [2.24, 2.45) is 0 Å². The summed E-state index contributed by atoms with van der Waals surface area (Å²) in [5.41, 5.74) is 2.10. The number of nitriles is 1. The van der Waals surface area contributed by atoms with Gasteiger partial charge in [0.2, 0.25) is 5.76 Å². The van der Waals surface area contributed by atoms with Crippen LogP contribution in [-0.2, 0) is 6.54 Å². The van der Waals surface area contributed by atoms with Gasteiger partial charge in [0.1, 0.15) is 11.8 Å². The van der Waals surface area contributed by atoms with E-state index in [2.05, 4.69) is 11.4 Å². The van der Waals surface area contributed by atoms with Crippen molar-refractivity contribution in [2.45, 2.75) is 6.54 Å². The van der Waals surface area contributed by atoms with E-state index in [0.717, 1.165) is 17.1 Å². The molecule has 3 aromatic rings. The Morgan fingerprint density at radius 3 is 2.70 bits per heavy atom. The molecule has 4 heteroatoms. The highest BCUT2D eigenvalue weighted by Crippen LogP contribution is 2.16. The number of hydrogen-bond acceptors (Lipinski definition) is 3. The summed E-state index contributed by atoms with van der Waals surface area (Å²) in [6.07, 6.45) is 4.01. The van der Waals surface area contributed by atoms with Gasteiger partial charge in [0.25, 0.3) is 0 Å². The number of hydrogen-bond donors (Lipinski definition) is 1. The number of nitrogens with zero attached hydrogens (tertiary/aromatic N) is 2. The molecule has 1 N–H and O–H groups in total. The Hall–Kier alpha value is -2.93. The van der Waals surface area contributed by atoms with Gasteiger partial charge in [-0.25, -0.2) is 0 Å². The van der Waals surface area contributed by atoms with E-state index in [1.165, 1.54) is 0 Å². The highest BCUT2D eigenvalue weighted by Gasteiger charge is 2.02. The smallest absolute Gasteiger partial charge is 0.203 e. The summed E-state index contributed by atoms with van der Waals surface area (Å²) in [7, 11) is 0. The van der Waals surface area contributed by atoms with Crippen LogP contribution in [0.2, 0.25) is 0 Å². The molecule has 0 fully saturated rings. The fourth-order valence-electron chi connectivity index (χ4n) is 2.01. The largest absolute Gasteiger partial charge is 0.449 e. The van der Waals surface area contributed by atoms with Gasteiger partial charge in [-0.3, -0.25) is 0 Å². The average molecular weight is 263 g/mol. The molecule has 0 amide bonds. The Labute approximate surface area is 116 Å². The number of nitrogens with one attached hydrogen (secondary N) is 1. The molecule has 0 bridgehead atoms. The van der Waals surface area contributed by atoms with Gasteiger partial charge in [0, 0.05) is 23.8 Å². The van der Waals surface area contributed by atoms with Crippen LogP contribution in [0.3, 0.4) is 0 Å². The molecule has 2 heterocycles. The molecule has 0 aliphatic carbocycles. The van der Waals surface area contributed by atoms with Crippen molar-refractivity contribution in [3.05, 3.63) is 72.4 Å². The zero-order valence-corrected chi connectivity index (χ0v) is 10.8. The Balaban J connectivity index is 1.72. The Kier molecular flexibility index (Phi) is 3.25. The first-order valence-corrected chi connectivity index (χ1v) is 6.31. The summed E-state index contributed by atoms with van der Waals surface area (Å²) >= 11 is 0. The predicted octanol–water partition coefficient (Wildman–Crippen LogP) is 3.55. The zero-order valence-electron chi connectivity index (χ0n) is 10.8. The molecule has 98 valence electrons. The molecule has 0 spiro atoms. The SMILES string of the molecule is N#Cc1ccc(CNc2cccc(-n3cccc3)c2)o1. The maximum atomic E-state index is 8.71. The topological polar surface area (TPSA) is 53.9 Å². The first-order chi connectivity index (χ1) is 9.85. The van der Waals surface area contributed by atoms with E-state index >= 15 is 0 Å². The van der Waals surface area contributed by atoms with E-state index in [1.807, 2.05) is 53.4 Å². The van der Waals surface area contributed by atoms with Gasteiger partial charge in [-0.05, 0) is 42.5 Å². The van der Waals surface area contributed by atoms with E-state index in [0.29, 0.717) is 12.3 Å². The second-order valence-corrected chi connectivity index (χ2v) is 4.37. The van der Waals surface area contributed by atoms with Crippen LogP contribution in [0.25, 0.3) is 5.69 Å². The lowest BCUT2D eigenvalue weighted by atomic mass is 10.2. The third kappa shape index (κ3) is 2.57. The third-order valence-electron chi connectivity index (χ3n) is 2.99. The van der Waals surface area contributed by atoms with Crippen molar-refractivity contribution in [3.8, 4) is 11.8 Å². The lowest BCUT2D eigenvalue weighted by Gasteiger charge is -2.08. The van der Waals surface area contributed by atoms with E-state index < -0.39 is 0 Å². The summed E-state index contributed by atoms with van der Waals surface area (Å²) in [5.74, 6) is 1.08. The summed E-state index contributed by atoms with van der Waals surface area (Å²) < 4.78 is 7.38. The maximum absolute atomic E-state index is 8.71. The molecule has 0 aliphatic heterocycles. The summed E-state index contributed by atoms with van der Waals surface area (Å²) in [4.78, 5) is 0. The molecule has 2 aromatic heterocycles. The molecule has 0 atom stereocenters. The zero-order chi connectivity index (χ0) is 13.8. The van der Waals surface area contributed by atoms with Gasteiger partial charge < -0.3 is 14.3 Å². The summed E-state index contributed by atoms with van der Waals surface area (Å²) in [5, 5.41) is 12.0. The standard InChI is InChI=1S/C16H13N3O/c17-11-15-6-7-16(20-15)12-18-13-4-3-5-14(10-13)19-8-1-2-9-19/h1-10,18H,12H2. The van der Waals surface area contributed by atoms with Crippen LogP contribution in [0.1, 0.15) is 11.5 Å². The van der Waals surface area contributed by atoms with Crippen LogP contribution >= 0.6 is 0 Å². The van der Waals surface area contributed by atoms with Gasteiger partial charge in [-0.1, -0.05) is 6.07 Å². The molecule has 20 heavy (non-hydrogen) atoms. The highest BCUT2D eigenvalue weighted by molar-refractivity contribution is 5.51. The monoisotopic (exact) mass is 263 g/mol. The second kappa shape index (κ2) is 5.37. The van der Waals surface area contributed by atoms with Gasteiger partial charge in [-0.2, -0.15) is 5.26 Å². The average Bonchev–Trinajstić information content (AvgIpc) is 3.17. The molecule has 0 unspecified atom stereocenters. The molecular weight excluding hydrogens is 250 g/mol. The fraction of sp³-hybridized carbons (Fsp3) is 0.0625. The minimum Gasteiger partial charge on any atom is -0.449 e. The van der Waals surface area contributed by atoms with Crippen LogP contribution in [0.15, 0.2) is 65.3 Å². The Bertz CT molecular complexity index is 735. The van der Waals surface area contributed by atoms with Gasteiger partial charge in [-0.15, -0.1) is 0 Å². The van der Waals surface area contributed by atoms with Crippen LogP contribution < -0.4 is 5.32 Å². The first-order valence-electron chi connectivity index (χ1n) is 6.31. The van der Waals surface area contributed by atoms with Crippen molar-refractivity contribution in [1.82, 2.24) is 4.57 Å². The normalized spacial score (nSPS) is 10.2. The molecule has 0 radical (unpaired) electrons. The number of furan rings is 1. The van der Waals surface area contributed by atoms with Crippen LogP contribution in [0.5, 0.6) is 0 Å². The van der Waals surface area contributed by atoms with E-state index in [9.17, 15) is 0 Å². The number of rotatable bonds is 4. The quantitative estimate of drug-likeness (QED) is 0.783. The Morgan fingerprint density at radius 1 is 1.10 bits per heavy atom. The van der Waals surface area contributed by atoms with Crippen LogP contribution in [-0.4, -0.2) is 4.57 Å². The van der Waals surface area contributed by atoms with Gasteiger partial charge >= 0.3 is 0 Å². The summed E-state index contributed by atoms with van der Waals surface area (Å²) in [6, 6.07) is 17.6. The van der Waals surface area contributed by atoms with E-state index in [1.54, 1.807) is 12.1 Å². The summed E-state index contributed by atoms with van der Waals surface area (Å²) in [6.45, 7) is 0.552. The van der Waals surface area contributed by atoms with E-state index in [4.69, 9.17) is 9.68 Å². The number of benzene rings is 1. The predicted molar refractivity (Wildman–Crippen MR) is 76.5 cm³/mol. The fourth-order valence-corrected chi connectivity index (χ4v) is 2.01. The minimum atomic E-state index is 0.336. The molecule has 0 saturated heterocycles. The molecule has 4 nitrogen and oxygen atoms in total. The lowest BCUT2D eigenvalue weighted by molar-refractivity contribution is 0.506. The number of aromatic nitrogens is 1. The third-order valence-corrected chi connectivity index (χ3v) is 2.99. The van der Waals surface area contributed by atoms with Crippen LogP contribution in [0, 0.1) is 11.3 Å².